The summed E-state index contributed by atoms with van der Waals surface area (Å²) in [6, 6.07) is 6.06. The van der Waals surface area contributed by atoms with Gasteiger partial charge in [-0.1, -0.05) is 12.1 Å². The van der Waals surface area contributed by atoms with Gasteiger partial charge in [-0.3, -0.25) is 14.4 Å². The molecule has 9 heteroatoms. The molecule has 2 fully saturated rings. The number of sulfonamides is 1. The van der Waals surface area contributed by atoms with Gasteiger partial charge >= 0.3 is 0 Å². The van der Waals surface area contributed by atoms with Gasteiger partial charge in [-0.15, -0.1) is 0 Å². The number of piperidine rings is 1. The zero-order chi connectivity index (χ0) is 19.3. The Morgan fingerprint density at radius 2 is 1.93 bits per heavy atom. The average Bonchev–Trinajstić information content (AvgIpc) is 3.16. The van der Waals surface area contributed by atoms with Crippen LogP contribution in [0.2, 0.25) is 0 Å². The number of benzene rings is 1. The number of amides is 3. The van der Waals surface area contributed by atoms with Gasteiger partial charge in [0.05, 0.1) is 11.5 Å². The highest BCUT2D eigenvalue weighted by atomic mass is 32.2. The van der Waals surface area contributed by atoms with Gasteiger partial charge in [-0.2, -0.15) is 0 Å². The van der Waals surface area contributed by atoms with Crippen molar-refractivity contribution in [3.63, 3.8) is 0 Å². The summed E-state index contributed by atoms with van der Waals surface area (Å²) in [5.41, 5.74) is 0.144. The molecule has 3 aliphatic rings. The Morgan fingerprint density at radius 3 is 2.67 bits per heavy atom. The van der Waals surface area contributed by atoms with E-state index in [1.165, 1.54) is 12.1 Å². The van der Waals surface area contributed by atoms with Crippen molar-refractivity contribution >= 4 is 27.7 Å². The number of hydrogen-bond acceptors (Lipinski definition) is 5. The molecule has 2 saturated heterocycles. The first-order valence-electron chi connectivity index (χ1n) is 8.99. The molecule has 0 unspecified atom stereocenters. The van der Waals surface area contributed by atoms with Crippen LogP contribution in [0.4, 0.5) is 0 Å². The molecular weight excluding hydrogens is 370 g/mol. The molecule has 8 nitrogen and oxygen atoms in total. The smallest absolute Gasteiger partial charge is 0.269 e. The third-order valence-electron chi connectivity index (χ3n) is 5.76. The number of nitrogens with zero attached hydrogens (tertiary/aromatic N) is 3. The molecule has 1 aromatic rings. The van der Waals surface area contributed by atoms with Crippen molar-refractivity contribution in [2.75, 3.05) is 33.2 Å². The van der Waals surface area contributed by atoms with Crippen molar-refractivity contribution in [2.24, 2.45) is 11.8 Å². The second kappa shape index (κ2) is 6.33. The summed E-state index contributed by atoms with van der Waals surface area (Å²) in [7, 11) is -2.13. The van der Waals surface area contributed by atoms with Gasteiger partial charge in [0.2, 0.25) is 11.8 Å². The number of carbonyl (C=O) groups excluding carboxylic acids is 3. The van der Waals surface area contributed by atoms with Crippen LogP contribution >= 0.6 is 0 Å². The first kappa shape index (κ1) is 18.0. The monoisotopic (exact) mass is 391 g/mol. The molecule has 3 amide bonds. The van der Waals surface area contributed by atoms with Crippen LogP contribution in [0.3, 0.4) is 0 Å². The Balaban J connectivity index is 1.42. The third-order valence-corrected chi connectivity index (χ3v) is 7.60. The molecule has 144 valence electrons. The Labute approximate surface area is 157 Å². The summed E-state index contributed by atoms with van der Waals surface area (Å²) in [5, 5.41) is 0. The lowest BCUT2D eigenvalue weighted by atomic mass is 9.88. The van der Waals surface area contributed by atoms with E-state index in [0.717, 1.165) is 10.7 Å². The fourth-order valence-corrected chi connectivity index (χ4v) is 5.78. The van der Waals surface area contributed by atoms with E-state index in [-0.39, 0.29) is 47.1 Å². The standard InChI is InChI=1S/C18H21N3O5S/c1-19-8-6-12-10-20(11-14(12)17(19)23)16(22)7-9-21-18(24)13-4-2-3-5-15(13)27(21,25)26/h2-5,12,14H,6-11H2,1H3/t12-,14+/m1/s1. The summed E-state index contributed by atoms with van der Waals surface area (Å²) >= 11 is 0. The van der Waals surface area contributed by atoms with E-state index in [1.54, 1.807) is 29.0 Å². The Kier molecular flexibility index (Phi) is 4.21. The molecule has 3 heterocycles. The van der Waals surface area contributed by atoms with Crippen molar-refractivity contribution in [1.82, 2.24) is 14.1 Å². The van der Waals surface area contributed by atoms with Crippen molar-refractivity contribution in [1.29, 1.82) is 0 Å². The van der Waals surface area contributed by atoms with Crippen LogP contribution in [0.5, 0.6) is 0 Å². The lowest BCUT2D eigenvalue weighted by Gasteiger charge is -2.30. The minimum absolute atomic E-state index is 0.0109. The Bertz CT molecular complexity index is 929. The second-order valence-electron chi connectivity index (χ2n) is 7.34. The molecule has 0 aromatic heterocycles. The lowest BCUT2D eigenvalue weighted by Crippen LogP contribution is -2.42. The largest absolute Gasteiger partial charge is 0.345 e. The van der Waals surface area contributed by atoms with Gasteiger partial charge in [-0.05, 0) is 24.5 Å². The minimum atomic E-state index is -3.90. The Hall–Kier alpha value is -2.42. The second-order valence-corrected chi connectivity index (χ2v) is 9.17. The molecule has 2 atom stereocenters. The van der Waals surface area contributed by atoms with Crippen molar-refractivity contribution in [2.45, 2.75) is 17.7 Å². The van der Waals surface area contributed by atoms with Crippen LogP contribution < -0.4 is 0 Å². The van der Waals surface area contributed by atoms with Gasteiger partial charge < -0.3 is 9.80 Å². The van der Waals surface area contributed by atoms with Gasteiger partial charge in [0, 0.05) is 39.6 Å². The first-order chi connectivity index (χ1) is 12.8. The van der Waals surface area contributed by atoms with Crippen LogP contribution in [0.25, 0.3) is 0 Å². The quantitative estimate of drug-likeness (QED) is 0.731. The number of carbonyl (C=O) groups is 3. The van der Waals surface area contributed by atoms with Crippen molar-refractivity contribution < 1.29 is 22.8 Å². The third kappa shape index (κ3) is 2.80. The van der Waals surface area contributed by atoms with Crippen molar-refractivity contribution in [3.05, 3.63) is 29.8 Å². The van der Waals surface area contributed by atoms with Crippen LogP contribution in [0.15, 0.2) is 29.2 Å². The molecule has 0 saturated carbocycles. The van der Waals surface area contributed by atoms with Gasteiger partial charge in [-0.25, -0.2) is 12.7 Å². The van der Waals surface area contributed by atoms with E-state index in [2.05, 4.69) is 0 Å². The molecule has 3 aliphatic heterocycles. The molecule has 0 radical (unpaired) electrons. The number of fused-ring (bicyclic) bond motifs is 2. The fourth-order valence-electron chi connectivity index (χ4n) is 4.21. The maximum Gasteiger partial charge on any atom is 0.269 e. The predicted molar refractivity (Wildman–Crippen MR) is 95.1 cm³/mol. The first-order valence-corrected chi connectivity index (χ1v) is 10.4. The fraction of sp³-hybridized carbons (Fsp3) is 0.500. The number of hydrogen-bond donors (Lipinski definition) is 0. The molecule has 0 aliphatic carbocycles. The zero-order valence-electron chi connectivity index (χ0n) is 15.0. The lowest BCUT2D eigenvalue weighted by molar-refractivity contribution is -0.138. The number of rotatable bonds is 3. The summed E-state index contributed by atoms with van der Waals surface area (Å²) in [5.74, 6) is -0.758. The van der Waals surface area contributed by atoms with E-state index in [4.69, 9.17) is 0 Å². The Morgan fingerprint density at radius 1 is 1.19 bits per heavy atom. The molecule has 27 heavy (non-hydrogen) atoms. The van der Waals surface area contributed by atoms with E-state index in [9.17, 15) is 22.8 Å². The molecule has 4 rings (SSSR count). The maximum atomic E-state index is 12.6. The summed E-state index contributed by atoms with van der Waals surface area (Å²) < 4.78 is 25.9. The highest BCUT2D eigenvalue weighted by Crippen LogP contribution is 2.33. The molecular formula is C18H21N3O5S. The van der Waals surface area contributed by atoms with Crippen molar-refractivity contribution in [3.8, 4) is 0 Å². The van der Waals surface area contributed by atoms with Crippen LogP contribution in [-0.4, -0.2) is 73.5 Å². The highest BCUT2D eigenvalue weighted by Gasteiger charge is 2.44. The summed E-state index contributed by atoms with van der Waals surface area (Å²) in [6.07, 6.45) is 0.785. The van der Waals surface area contributed by atoms with Gasteiger partial charge in [0.1, 0.15) is 4.90 Å². The normalized spacial score (nSPS) is 26.3. The van der Waals surface area contributed by atoms with Crippen LogP contribution in [-0.2, 0) is 19.6 Å². The average molecular weight is 391 g/mol. The van der Waals surface area contributed by atoms with Gasteiger partial charge in [0.25, 0.3) is 15.9 Å². The van der Waals surface area contributed by atoms with Crippen LogP contribution in [0, 0.1) is 11.8 Å². The summed E-state index contributed by atoms with van der Waals surface area (Å²) in [4.78, 5) is 40.6. The summed E-state index contributed by atoms with van der Waals surface area (Å²) in [6.45, 7) is 1.40. The van der Waals surface area contributed by atoms with E-state index < -0.39 is 15.9 Å². The molecule has 0 N–H and O–H groups in total. The predicted octanol–water partition coefficient (Wildman–Crippen LogP) is 0.158. The van der Waals surface area contributed by atoms with E-state index >= 15 is 0 Å². The van der Waals surface area contributed by atoms with Crippen LogP contribution in [0.1, 0.15) is 23.2 Å². The minimum Gasteiger partial charge on any atom is -0.345 e. The molecule has 1 aromatic carbocycles. The zero-order valence-corrected chi connectivity index (χ0v) is 15.8. The number of likely N-dealkylation sites (tertiary alicyclic amines) is 2. The molecule has 0 spiro atoms. The van der Waals surface area contributed by atoms with Gasteiger partial charge in [0.15, 0.2) is 0 Å². The SMILES string of the molecule is CN1CC[C@@H]2CN(C(=O)CCN3C(=O)c4ccccc4S3(=O)=O)C[C@@H]2C1=O. The van der Waals surface area contributed by atoms with E-state index in [0.29, 0.717) is 19.6 Å². The topological polar surface area (TPSA) is 95.1 Å². The maximum absolute atomic E-state index is 12.6. The highest BCUT2D eigenvalue weighted by molar-refractivity contribution is 7.90. The van der Waals surface area contributed by atoms with E-state index in [1.807, 2.05) is 0 Å². The molecule has 0 bridgehead atoms.